The molecule has 3 rings (SSSR count). The van der Waals surface area contributed by atoms with Gasteiger partial charge < -0.3 is 10.3 Å². The van der Waals surface area contributed by atoms with Crippen LogP contribution in [0.5, 0.6) is 0 Å². The highest BCUT2D eigenvalue weighted by molar-refractivity contribution is 5.66. The maximum atomic E-state index is 5.78. The van der Waals surface area contributed by atoms with Crippen LogP contribution in [0.2, 0.25) is 0 Å². The molecule has 0 aliphatic heterocycles. The van der Waals surface area contributed by atoms with Crippen molar-refractivity contribution in [2.45, 2.75) is 6.92 Å². The molecule has 0 bridgehead atoms. The van der Waals surface area contributed by atoms with Crippen LogP contribution in [0.1, 0.15) is 5.56 Å². The third-order valence-corrected chi connectivity index (χ3v) is 2.86. The largest absolute Gasteiger partial charge is 0.399 e. The van der Waals surface area contributed by atoms with Crippen LogP contribution in [0.25, 0.3) is 22.8 Å². The summed E-state index contributed by atoms with van der Waals surface area (Å²) in [6.45, 7) is 1.98. The van der Waals surface area contributed by atoms with Gasteiger partial charge in [-0.1, -0.05) is 11.2 Å². The Kier molecular flexibility index (Phi) is 2.72. The number of nitrogens with two attached hydrogens (primary N) is 1. The van der Waals surface area contributed by atoms with Crippen LogP contribution in [-0.4, -0.2) is 15.1 Å². The van der Waals surface area contributed by atoms with Gasteiger partial charge in [0, 0.05) is 29.2 Å². The maximum Gasteiger partial charge on any atom is 0.258 e. The Labute approximate surface area is 110 Å². The Bertz CT molecular complexity index is 706. The van der Waals surface area contributed by atoms with Crippen LogP contribution < -0.4 is 5.73 Å². The lowest BCUT2D eigenvalue weighted by Crippen LogP contribution is -1.89. The molecule has 0 fully saturated rings. The topological polar surface area (TPSA) is 77.8 Å². The van der Waals surface area contributed by atoms with Gasteiger partial charge >= 0.3 is 0 Å². The van der Waals surface area contributed by atoms with Gasteiger partial charge in [-0.25, -0.2) is 0 Å². The maximum absolute atomic E-state index is 5.78. The van der Waals surface area contributed by atoms with Gasteiger partial charge in [0.2, 0.25) is 5.82 Å². The molecule has 2 N–H and O–H groups in total. The molecular weight excluding hydrogens is 240 g/mol. The van der Waals surface area contributed by atoms with Gasteiger partial charge in [-0.05, 0) is 36.8 Å². The second-order valence-electron chi connectivity index (χ2n) is 4.23. The van der Waals surface area contributed by atoms with E-state index in [0.717, 1.165) is 16.7 Å². The summed E-state index contributed by atoms with van der Waals surface area (Å²) in [4.78, 5) is 8.35. The van der Waals surface area contributed by atoms with Crippen molar-refractivity contribution in [3.05, 3.63) is 48.3 Å². The number of aromatic nitrogens is 3. The molecule has 1 aromatic carbocycles. The van der Waals surface area contributed by atoms with E-state index in [2.05, 4.69) is 15.1 Å². The number of benzene rings is 1. The quantitative estimate of drug-likeness (QED) is 0.709. The fraction of sp³-hybridized carbons (Fsp3) is 0.0714. The molecule has 0 amide bonds. The number of rotatable bonds is 2. The number of aryl methyl sites for hydroxylation is 1. The molecule has 0 spiro atoms. The van der Waals surface area contributed by atoms with E-state index >= 15 is 0 Å². The lowest BCUT2D eigenvalue weighted by atomic mass is 10.1. The molecule has 2 aromatic heterocycles. The van der Waals surface area contributed by atoms with Gasteiger partial charge in [-0.2, -0.15) is 4.98 Å². The van der Waals surface area contributed by atoms with Gasteiger partial charge in [-0.15, -0.1) is 0 Å². The third-order valence-electron chi connectivity index (χ3n) is 2.86. The van der Waals surface area contributed by atoms with E-state index in [1.807, 2.05) is 37.3 Å². The van der Waals surface area contributed by atoms with Gasteiger partial charge in [0.05, 0.1) is 0 Å². The molecule has 5 nitrogen and oxygen atoms in total. The summed E-state index contributed by atoms with van der Waals surface area (Å²) >= 11 is 0. The standard InChI is InChI=1S/C14H12N4O/c1-9-2-3-11(15)8-12(9)14-17-13(18-19-14)10-4-6-16-7-5-10/h2-8H,15H2,1H3. The normalized spacial score (nSPS) is 10.6. The second-order valence-corrected chi connectivity index (χ2v) is 4.23. The lowest BCUT2D eigenvalue weighted by Gasteiger charge is -2.01. The van der Waals surface area contributed by atoms with Gasteiger partial charge in [0.15, 0.2) is 0 Å². The first-order valence-corrected chi connectivity index (χ1v) is 5.84. The Hall–Kier alpha value is -2.69. The Morgan fingerprint density at radius 1 is 1.11 bits per heavy atom. The highest BCUT2D eigenvalue weighted by Crippen LogP contribution is 2.26. The molecular formula is C14H12N4O. The summed E-state index contributed by atoms with van der Waals surface area (Å²) in [6, 6.07) is 9.28. The van der Waals surface area contributed by atoms with Crippen molar-refractivity contribution in [2.24, 2.45) is 0 Å². The van der Waals surface area contributed by atoms with Crippen molar-refractivity contribution >= 4 is 5.69 Å². The minimum Gasteiger partial charge on any atom is -0.399 e. The smallest absolute Gasteiger partial charge is 0.258 e. The van der Waals surface area contributed by atoms with Crippen molar-refractivity contribution in [1.82, 2.24) is 15.1 Å². The predicted molar refractivity (Wildman–Crippen MR) is 72.1 cm³/mol. The lowest BCUT2D eigenvalue weighted by molar-refractivity contribution is 0.432. The minimum atomic E-state index is 0.469. The van der Waals surface area contributed by atoms with E-state index in [1.54, 1.807) is 12.4 Å². The van der Waals surface area contributed by atoms with E-state index in [4.69, 9.17) is 10.3 Å². The molecule has 0 radical (unpaired) electrons. The van der Waals surface area contributed by atoms with E-state index in [0.29, 0.717) is 17.4 Å². The minimum absolute atomic E-state index is 0.469. The number of hydrogen-bond donors (Lipinski definition) is 1. The van der Waals surface area contributed by atoms with Crippen molar-refractivity contribution < 1.29 is 4.52 Å². The average molecular weight is 252 g/mol. The van der Waals surface area contributed by atoms with Crippen LogP contribution in [-0.2, 0) is 0 Å². The first-order chi connectivity index (χ1) is 9.24. The Balaban J connectivity index is 2.04. The van der Waals surface area contributed by atoms with Crippen LogP contribution in [0, 0.1) is 6.92 Å². The number of nitrogens with zero attached hydrogens (tertiary/aromatic N) is 3. The zero-order valence-corrected chi connectivity index (χ0v) is 10.4. The molecule has 94 valence electrons. The van der Waals surface area contributed by atoms with E-state index in [1.165, 1.54) is 0 Å². The number of nitrogen functional groups attached to an aromatic ring is 1. The summed E-state index contributed by atoms with van der Waals surface area (Å²) in [5.74, 6) is 1.01. The van der Waals surface area contributed by atoms with Crippen molar-refractivity contribution in [3.63, 3.8) is 0 Å². The highest BCUT2D eigenvalue weighted by Gasteiger charge is 2.12. The van der Waals surface area contributed by atoms with Crippen molar-refractivity contribution in [3.8, 4) is 22.8 Å². The van der Waals surface area contributed by atoms with Crippen LogP contribution in [0.15, 0.2) is 47.2 Å². The highest BCUT2D eigenvalue weighted by atomic mass is 16.5. The molecule has 0 aliphatic rings. The summed E-state index contributed by atoms with van der Waals surface area (Å²) in [5.41, 5.74) is 9.22. The monoisotopic (exact) mass is 252 g/mol. The summed E-state index contributed by atoms with van der Waals surface area (Å²) in [7, 11) is 0. The Morgan fingerprint density at radius 3 is 2.68 bits per heavy atom. The summed E-state index contributed by atoms with van der Waals surface area (Å²) in [5, 5.41) is 3.98. The number of hydrogen-bond acceptors (Lipinski definition) is 5. The third kappa shape index (κ3) is 2.18. The zero-order chi connectivity index (χ0) is 13.2. The molecule has 2 heterocycles. The zero-order valence-electron chi connectivity index (χ0n) is 10.4. The molecule has 0 atom stereocenters. The van der Waals surface area contributed by atoms with E-state index in [9.17, 15) is 0 Å². The van der Waals surface area contributed by atoms with Gasteiger partial charge in [0.1, 0.15) is 0 Å². The molecule has 5 heteroatoms. The molecule has 0 unspecified atom stereocenters. The average Bonchev–Trinajstić information content (AvgIpc) is 2.92. The first-order valence-electron chi connectivity index (χ1n) is 5.84. The van der Waals surface area contributed by atoms with Gasteiger partial charge in [0.25, 0.3) is 5.89 Å². The van der Waals surface area contributed by atoms with Crippen LogP contribution in [0.3, 0.4) is 0 Å². The molecule has 3 aromatic rings. The molecule has 0 saturated heterocycles. The van der Waals surface area contributed by atoms with Crippen LogP contribution >= 0.6 is 0 Å². The second kappa shape index (κ2) is 4.53. The fourth-order valence-electron chi connectivity index (χ4n) is 1.82. The van der Waals surface area contributed by atoms with Crippen LogP contribution in [0.4, 0.5) is 5.69 Å². The van der Waals surface area contributed by atoms with Crippen molar-refractivity contribution in [2.75, 3.05) is 5.73 Å². The molecule has 0 saturated carbocycles. The SMILES string of the molecule is Cc1ccc(N)cc1-c1nc(-c2ccncc2)no1. The van der Waals surface area contributed by atoms with Crippen molar-refractivity contribution in [1.29, 1.82) is 0 Å². The molecule has 19 heavy (non-hydrogen) atoms. The van der Waals surface area contributed by atoms with E-state index < -0.39 is 0 Å². The fourth-order valence-corrected chi connectivity index (χ4v) is 1.82. The predicted octanol–water partition coefficient (Wildman–Crippen LogP) is 2.69. The summed E-state index contributed by atoms with van der Waals surface area (Å²) in [6.07, 6.45) is 3.38. The van der Waals surface area contributed by atoms with E-state index in [-0.39, 0.29) is 0 Å². The first kappa shape index (κ1) is 11.4. The molecule has 0 aliphatic carbocycles. The van der Waals surface area contributed by atoms with Gasteiger partial charge in [-0.3, -0.25) is 4.98 Å². The Morgan fingerprint density at radius 2 is 1.89 bits per heavy atom. The summed E-state index contributed by atoms with van der Waals surface area (Å²) < 4.78 is 5.30. The number of pyridine rings is 1. The number of anilines is 1.